The van der Waals surface area contributed by atoms with Gasteiger partial charge in [-0.05, 0) is 38.5 Å². The normalized spacial score (nSPS) is 12.0. The summed E-state index contributed by atoms with van der Waals surface area (Å²) in [5, 5.41) is 6.91. The second-order valence-electron chi connectivity index (χ2n) is 5.71. The monoisotopic (exact) mass is 321 g/mol. The Morgan fingerprint density at radius 2 is 1.83 bits per heavy atom. The van der Waals surface area contributed by atoms with Crippen molar-refractivity contribution in [1.29, 1.82) is 0 Å². The van der Waals surface area contributed by atoms with E-state index < -0.39 is 0 Å². The summed E-state index contributed by atoms with van der Waals surface area (Å²) in [6, 6.07) is 15.1. The number of benzene rings is 1. The third kappa shape index (κ3) is 3.20. The largest absolute Gasteiger partial charge is 0.361 e. The highest BCUT2D eigenvalue weighted by molar-refractivity contribution is 5.93. The molecule has 0 radical (unpaired) electrons. The fraction of sp³-hybridized carbons (Fsp3) is 0.211. The van der Waals surface area contributed by atoms with Crippen molar-refractivity contribution in [3.8, 4) is 11.3 Å². The Hall–Kier alpha value is -2.95. The van der Waals surface area contributed by atoms with Gasteiger partial charge >= 0.3 is 0 Å². The fourth-order valence-corrected chi connectivity index (χ4v) is 2.64. The molecule has 0 fully saturated rings. The van der Waals surface area contributed by atoms with E-state index in [0.717, 1.165) is 16.8 Å². The van der Waals surface area contributed by atoms with Crippen LogP contribution in [0.1, 0.15) is 40.5 Å². The molecule has 24 heavy (non-hydrogen) atoms. The summed E-state index contributed by atoms with van der Waals surface area (Å²) in [5.74, 6) is 0.482. The molecule has 0 aliphatic carbocycles. The molecule has 0 bridgehead atoms. The van der Waals surface area contributed by atoms with Gasteiger partial charge in [-0.3, -0.25) is 4.79 Å². The van der Waals surface area contributed by atoms with E-state index in [2.05, 4.69) is 15.5 Å². The van der Waals surface area contributed by atoms with Gasteiger partial charge in [-0.15, -0.1) is 0 Å². The van der Waals surface area contributed by atoms with Gasteiger partial charge in [0.05, 0.1) is 23.0 Å². The highest BCUT2D eigenvalue weighted by Crippen LogP contribution is 2.25. The van der Waals surface area contributed by atoms with Crippen LogP contribution in [0.2, 0.25) is 0 Å². The predicted molar refractivity (Wildman–Crippen MR) is 91.5 cm³/mol. The number of carbonyl (C=O) groups is 1. The molecule has 122 valence electrons. The lowest BCUT2D eigenvalue weighted by atomic mass is 10.1. The quantitative estimate of drug-likeness (QED) is 0.792. The van der Waals surface area contributed by atoms with Crippen LogP contribution in [0.5, 0.6) is 0 Å². The van der Waals surface area contributed by atoms with Gasteiger partial charge in [-0.25, -0.2) is 4.98 Å². The average Bonchev–Trinajstić information content (AvgIpc) is 2.94. The first-order valence-electron chi connectivity index (χ1n) is 7.82. The van der Waals surface area contributed by atoms with Gasteiger partial charge in [-0.1, -0.05) is 41.6 Å². The number of hydrogen-bond acceptors (Lipinski definition) is 4. The number of pyridine rings is 1. The second-order valence-corrected chi connectivity index (χ2v) is 5.71. The molecule has 1 atom stereocenters. The number of amides is 1. The first-order valence-corrected chi connectivity index (χ1v) is 7.82. The lowest BCUT2D eigenvalue weighted by Crippen LogP contribution is -2.27. The Labute approximate surface area is 140 Å². The van der Waals surface area contributed by atoms with Crippen LogP contribution in [0, 0.1) is 13.8 Å². The van der Waals surface area contributed by atoms with Crippen molar-refractivity contribution in [2.24, 2.45) is 0 Å². The molecular formula is C19H19N3O2. The lowest BCUT2D eigenvalue weighted by Gasteiger charge is -2.14. The minimum atomic E-state index is -0.208. The fourth-order valence-electron chi connectivity index (χ4n) is 2.64. The zero-order chi connectivity index (χ0) is 17.1. The van der Waals surface area contributed by atoms with Crippen molar-refractivity contribution in [1.82, 2.24) is 15.5 Å². The van der Waals surface area contributed by atoms with Crippen LogP contribution < -0.4 is 5.32 Å². The van der Waals surface area contributed by atoms with Crippen molar-refractivity contribution >= 4 is 5.91 Å². The minimum Gasteiger partial charge on any atom is -0.361 e. The highest BCUT2D eigenvalue weighted by Gasteiger charge is 2.16. The number of aryl methyl sites for hydroxylation is 2. The standard InChI is InChI=1S/C19H19N3O2/c1-12(15-8-5-4-6-9-15)20-19(23)17-11-7-10-16(21-17)18-13(2)22-24-14(18)3/h4-12H,1-3H3,(H,20,23)/t12-/m0/s1. The summed E-state index contributed by atoms with van der Waals surface area (Å²) < 4.78 is 5.18. The summed E-state index contributed by atoms with van der Waals surface area (Å²) in [6.07, 6.45) is 0. The van der Waals surface area contributed by atoms with E-state index in [0.29, 0.717) is 17.1 Å². The summed E-state index contributed by atoms with van der Waals surface area (Å²) in [5.41, 5.74) is 3.70. The van der Waals surface area contributed by atoms with E-state index in [-0.39, 0.29) is 11.9 Å². The van der Waals surface area contributed by atoms with Crippen molar-refractivity contribution in [2.45, 2.75) is 26.8 Å². The molecule has 2 heterocycles. The maximum atomic E-state index is 12.5. The van der Waals surface area contributed by atoms with Gasteiger partial charge in [0.2, 0.25) is 0 Å². The molecule has 3 rings (SSSR count). The zero-order valence-corrected chi connectivity index (χ0v) is 13.9. The van der Waals surface area contributed by atoms with Gasteiger partial charge in [0.15, 0.2) is 0 Å². The molecule has 2 aromatic heterocycles. The number of nitrogens with one attached hydrogen (secondary N) is 1. The van der Waals surface area contributed by atoms with Crippen LogP contribution in [0.15, 0.2) is 53.1 Å². The molecular weight excluding hydrogens is 302 g/mol. The van der Waals surface area contributed by atoms with Crippen molar-refractivity contribution in [2.75, 3.05) is 0 Å². The Morgan fingerprint density at radius 3 is 2.50 bits per heavy atom. The van der Waals surface area contributed by atoms with Crippen LogP contribution in [0.25, 0.3) is 11.3 Å². The zero-order valence-electron chi connectivity index (χ0n) is 13.9. The van der Waals surface area contributed by atoms with Gasteiger partial charge in [0, 0.05) is 0 Å². The van der Waals surface area contributed by atoms with E-state index in [4.69, 9.17) is 4.52 Å². The predicted octanol–water partition coefficient (Wildman–Crippen LogP) is 3.84. The van der Waals surface area contributed by atoms with E-state index in [1.165, 1.54) is 0 Å². The van der Waals surface area contributed by atoms with E-state index in [9.17, 15) is 4.79 Å². The second kappa shape index (κ2) is 6.66. The van der Waals surface area contributed by atoms with Crippen LogP contribution in [-0.2, 0) is 0 Å². The molecule has 1 aromatic carbocycles. The molecule has 0 aliphatic rings. The third-order valence-corrected chi connectivity index (χ3v) is 3.92. The summed E-state index contributed by atoms with van der Waals surface area (Å²) in [7, 11) is 0. The lowest BCUT2D eigenvalue weighted by molar-refractivity contribution is 0.0935. The summed E-state index contributed by atoms with van der Waals surface area (Å²) >= 11 is 0. The maximum absolute atomic E-state index is 12.5. The Morgan fingerprint density at radius 1 is 1.08 bits per heavy atom. The minimum absolute atomic E-state index is 0.0942. The van der Waals surface area contributed by atoms with Crippen molar-refractivity contribution < 1.29 is 9.32 Å². The molecule has 5 nitrogen and oxygen atoms in total. The Bertz CT molecular complexity index is 837. The van der Waals surface area contributed by atoms with Crippen molar-refractivity contribution in [3.63, 3.8) is 0 Å². The van der Waals surface area contributed by atoms with Crippen LogP contribution >= 0.6 is 0 Å². The summed E-state index contributed by atoms with van der Waals surface area (Å²) in [4.78, 5) is 17.0. The van der Waals surface area contributed by atoms with E-state index in [1.54, 1.807) is 6.07 Å². The number of hydrogen-bond donors (Lipinski definition) is 1. The third-order valence-electron chi connectivity index (χ3n) is 3.92. The van der Waals surface area contributed by atoms with Crippen molar-refractivity contribution in [3.05, 3.63) is 71.2 Å². The number of aromatic nitrogens is 2. The Balaban J connectivity index is 1.83. The maximum Gasteiger partial charge on any atom is 0.270 e. The van der Waals surface area contributed by atoms with Crippen LogP contribution in [0.4, 0.5) is 0 Å². The van der Waals surface area contributed by atoms with Gasteiger partial charge in [0.25, 0.3) is 5.91 Å². The van der Waals surface area contributed by atoms with Gasteiger partial charge in [0.1, 0.15) is 11.5 Å². The number of carbonyl (C=O) groups excluding carboxylic acids is 1. The molecule has 1 N–H and O–H groups in total. The molecule has 0 aliphatic heterocycles. The van der Waals surface area contributed by atoms with E-state index in [1.807, 2.05) is 63.2 Å². The van der Waals surface area contributed by atoms with Gasteiger partial charge in [-0.2, -0.15) is 0 Å². The molecule has 1 amide bonds. The average molecular weight is 321 g/mol. The van der Waals surface area contributed by atoms with Crippen LogP contribution in [-0.4, -0.2) is 16.0 Å². The van der Waals surface area contributed by atoms with E-state index >= 15 is 0 Å². The molecule has 0 unspecified atom stereocenters. The Kier molecular flexibility index (Phi) is 4.42. The molecule has 0 saturated heterocycles. The smallest absolute Gasteiger partial charge is 0.270 e. The topological polar surface area (TPSA) is 68.0 Å². The SMILES string of the molecule is Cc1noc(C)c1-c1cccc(C(=O)N[C@@H](C)c2ccccc2)n1. The first kappa shape index (κ1) is 15.9. The molecule has 0 saturated carbocycles. The molecule has 5 heteroatoms. The number of nitrogens with zero attached hydrogens (tertiary/aromatic N) is 2. The molecule has 3 aromatic rings. The van der Waals surface area contributed by atoms with Gasteiger partial charge < -0.3 is 9.84 Å². The number of rotatable bonds is 4. The summed E-state index contributed by atoms with van der Waals surface area (Å²) in [6.45, 7) is 5.64. The first-order chi connectivity index (χ1) is 11.6. The molecule has 0 spiro atoms. The van der Waals surface area contributed by atoms with Crippen LogP contribution in [0.3, 0.4) is 0 Å². The highest BCUT2D eigenvalue weighted by atomic mass is 16.5.